The lowest BCUT2D eigenvalue weighted by Gasteiger charge is -2.43. The van der Waals surface area contributed by atoms with Crippen LogP contribution in [0.25, 0.3) is 0 Å². The highest BCUT2D eigenvalue weighted by Gasteiger charge is 2.33. The number of hydrogen-bond acceptors (Lipinski definition) is 4. The zero-order chi connectivity index (χ0) is 13.9. The Bertz CT molecular complexity index is 175. The molecule has 0 atom stereocenters. The van der Waals surface area contributed by atoms with Gasteiger partial charge in [-0.15, -0.1) is 0 Å². The topological polar surface area (TPSA) is 47.7 Å². The predicted molar refractivity (Wildman–Crippen MR) is 76.9 cm³/mol. The van der Waals surface area contributed by atoms with Crippen LogP contribution in [0.5, 0.6) is 0 Å². The zero-order valence-corrected chi connectivity index (χ0v) is 12.7. The van der Waals surface area contributed by atoms with Crippen LogP contribution >= 0.6 is 0 Å². The largest absolute Gasteiger partial charge is 0.383 e. The van der Waals surface area contributed by atoms with E-state index in [9.17, 15) is 0 Å². The fourth-order valence-electron chi connectivity index (χ4n) is 2.69. The summed E-state index contributed by atoms with van der Waals surface area (Å²) in [5, 5.41) is 0. The molecule has 0 rings (SSSR count). The number of rotatable bonds is 12. The molecular weight excluding hydrogens is 228 g/mol. The monoisotopic (exact) mass is 260 g/mol. The molecule has 0 saturated heterocycles. The Morgan fingerprint density at radius 3 is 1.67 bits per heavy atom. The zero-order valence-electron chi connectivity index (χ0n) is 12.7. The Morgan fingerprint density at radius 2 is 1.39 bits per heavy atom. The molecule has 0 spiro atoms. The molecule has 0 unspecified atom stereocenters. The fraction of sp³-hybridized carbons (Fsp3) is 1.00. The summed E-state index contributed by atoms with van der Waals surface area (Å²) in [6, 6.07) is 0. The summed E-state index contributed by atoms with van der Waals surface area (Å²) in [5.41, 5.74) is 6.21. The third-order valence-corrected chi connectivity index (χ3v) is 3.61. The Morgan fingerprint density at radius 1 is 0.944 bits per heavy atom. The first-order valence-corrected chi connectivity index (χ1v) is 7.13. The van der Waals surface area contributed by atoms with E-state index in [0.29, 0.717) is 6.54 Å². The van der Waals surface area contributed by atoms with Crippen molar-refractivity contribution >= 4 is 0 Å². The van der Waals surface area contributed by atoms with Crippen molar-refractivity contribution in [3.8, 4) is 0 Å². The van der Waals surface area contributed by atoms with Gasteiger partial charge in [0.15, 0.2) is 0 Å². The van der Waals surface area contributed by atoms with Crippen molar-refractivity contribution < 1.29 is 9.47 Å². The van der Waals surface area contributed by atoms with Crippen LogP contribution in [0.15, 0.2) is 0 Å². The van der Waals surface area contributed by atoms with Gasteiger partial charge >= 0.3 is 0 Å². The second-order valence-electron chi connectivity index (χ2n) is 4.90. The molecule has 0 amide bonds. The second-order valence-corrected chi connectivity index (χ2v) is 4.90. The van der Waals surface area contributed by atoms with Crippen LogP contribution in [0.4, 0.5) is 0 Å². The van der Waals surface area contributed by atoms with E-state index < -0.39 is 0 Å². The number of hydrogen-bond donors (Lipinski definition) is 1. The van der Waals surface area contributed by atoms with Gasteiger partial charge in [-0.1, -0.05) is 26.7 Å². The maximum atomic E-state index is 6.10. The Kier molecular flexibility index (Phi) is 10.6. The van der Waals surface area contributed by atoms with E-state index >= 15 is 0 Å². The van der Waals surface area contributed by atoms with Gasteiger partial charge in [0.1, 0.15) is 0 Å². The second kappa shape index (κ2) is 10.7. The van der Waals surface area contributed by atoms with E-state index in [1.54, 1.807) is 14.2 Å². The van der Waals surface area contributed by atoms with E-state index in [2.05, 4.69) is 18.7 Å². The highest BCUT2D eigenvalue weighted by Crippen LogP contribution is 2.26. The van der Waals surface area contributed by atoms with Gasteiger partial charge in [0, 0.05) is 39.4 Å². The minimum atomic E-state index is 0.112. The molecule has 0 aromatic carbocycles. The Balaban J connectivity index is 4.77. The van der Waals surface area contributed by atoms with Crippen molar-refractivity contribution in [1.82, 2.24) is 4.90 Å². The van der Waals surface area contributed by atoms with Crippen molar-refractivity contribution in [2.45, 2.75) is 45.1 Å². The van der Waals surface area contributed by atoms with E-state index in [1.807, 2.05) is 0 Å². The van der Waals surface area contributed by atoms with Crippen LogP contribution in [-0.2, 0) is 9.47 Å². The molecule has 0 fully saturated rings. The van der Waals surface area contributed by atoms with Crippen molar-refractivity contribution in [2.24, 2.45) is 5.73 Å². The SMILES string of the molecule is CCCC(CN)(CCC)N(CCOC)CCOC. The van der Waals surface area contributed by atoms with Crippen LogP contribution < -0.4 is 5.73 Å². The van der Waals surface area contributed by atoms with E-state index in [1.165, 1.54) is 0 Å². The summed E-state index contributed by atoms with van der Waals surface area (Å²) >= 11 is 0. The maximum absolute atomic E-state index is 6.10. The smallest absolute Gasteiger partial charge is 0.0589 e. The van der Waals surface area contributed by atoms with Gasteiger partial charge in [-0.05, 0) is 12.8 Å². The molecule has 18 heavy (non-hydrogen) atoms. The molecule has 0 heterocycles. The van der Waals surface area contributed by atoms with Gasteiger partial charge in [0.2, 0.25) is 0 Å². The van der Waals surface area contributed by atoms with Crippen molar-refractivity contribution in [3.63, 3.8) is 0 Å². The predicted octanol–water partition coefficient (Wildman–Crippen LogP) is 1.88. The molecule has 0 radical (unpaired) electrons. The first-order chi connectivity index (χ1) is 8.70. The lowest BCUT2D eigenvalue weighted by atomic mass is 9.86. The quantitative estimate of drug-likeness (QED) is 0.582. The first-order valence-electron chi connectivity index (χ1n) is 7.13. The summed E-state index contributed by atoms with van der Waals surface area (Å²) in [5.74, 6) is 0. The first kappa shape index (κ1) is 17.8. The molecule has 110 valence electrons. The highest BCUT2D eigenvalue weighted by molar-refractivity contribution is 4.91. The number of methoxy groups -OCH3 is 2. The number of nitrogens with two attached hydrogens (primary N) is 1. The maximum Gasteiger partial charge on any atom is 0.0589 e. The molecule has 0 aromatic heterocycles. The van der Waals surface area contributed by atoms with Crippen LogP contribution in [0, 0.1) is 0 Å². The fourth-order valence-corrected chi connectivity index (χ4v) is 2.69. The summed E-state index contributed by atoms with van der Waals surface area (Å²) in [4.78, 5) is 2.47. The van der Waals surface area contributed by atoms with E-state index in [-0.39, 0.29) is 5.54 Å². The summed E-state index contributed by atoms with van der Waals surface area (Å²) in [7, 11) is 3.50. The van der Waals surface area contributed by atoms with Crippen LogP contribution in [0.2, 0.25) is 0 Å². The minimum Gasteiger partial charge on any atom is -0.383 e. The normalized spacial score (nSPS) is 12.3. The Labute approximate surface area is 113 Å². The lowest BCUT2D eigenvalue weighted by Crippen LogP contribution is -2.55. The van der Waals surface area contributed by atoms with Gasteiger partial charge < -0.3 is 15.2 Å². The van der Waals surface area contributed by atoms with Crippen molar-refractivity contribution in [2.75, 3.05) is 47.1 Å². The number of nitrogens with zero attached hydrogens (tertiary/aromatic N) is 1. The van der Waals surface area contributed by atoms with Crippen molar-refractivity contribution in [1.29, 1.82) is 0 Å². The molecule has 0 aliphatic heterocycles. The minimum absolute atomic E-state index is 0.112. The van der Waals surface area contributed by atoms with Gasteiger partial charge in [-0.25, -0.2) is 0 Å². The Hall–Kier alpha value is -0.160. The third-order valence-electron chi connectivity index (χ3n) is 3.61. The standard InChI is InChI=1S/C14H32N2O2/c1-5-7-14(13-15,8-6-2)16(9-11-17-3)10-12-18-4/h5-13,15H2,1-4H3. The van der Waals surface area contributed by atoms with Gasteiger partial charge in [0.05, 0.1) is 13.2 Å². The van der Waals surface area contributed by atoms with Crippen LogP contribution in [-0.4, -0.2) is 57.5 Å². The molecule has 4 nitrogen and oxygen atoms in total. The molecular formula is C14H32N2O2. The molecule has 0 aliphatic rings. The van der Waals surface area contributed by atoms with Crippen LogP contribution in [0.1, 0.15) is 39.5 Å². The lowest BCUT2D eigenvalue weighted by molar-refractivity contribution is 0.0257. The molecule has 0 aromatic rings. The molecule has 2 N–H and O–H groups in total. The average molecular weight is 260 g/mol. The summed E-state index contributed by atoms with van der Waals surface area (Å²) < 4.78 is 10.4. The van der Waals surface area contributed by atoms with E-state index in [4.69, 9.17) is 15.2 Å². The number of ether oxygens (including phenoxy) is 2. The third kappa shape index (κ3) is 5.65. The van der Waals surface area contributed by atoms with Crippen LogP contribution in [0.3, 0.4) is 0 Å². The molecule has 0 bridgehead atoms. The van der Waals surface area contributed by atoms with Gasteiger partial charge in [0.25, 0.3) is 0 Å². The molecule has 4 heteroatoms. The van der Waals surface area contributed by atoms with Crippen molar-refractivity contribution in [3.05, 3.63) is 0 Å². The highest BCUT2D eigenvalue weighted by atomic mass is 16.5. The average Bonchev–Trinajstić information content (AvgIpc) is 2.38. The summed E-state index contributed by atoms with van der Waals surface area (Å²) in [6.07, 6.45) is 4.61. The van der Waals surface area contributed by atoms with Gasteiger partial charge in [-0.3, -0.25) is 4.90 Å². The van der Waals surface area contributed by atoms with E-state index in [0.717, 1.165) is 52.0 Å². The molecule has 0 saturated carbocycles. The molecule has 0 aliphatic carbocycles. The summed E-state index contributed by atoms with van der Waals surface area (Å²) in [6.45, 7) is 8.52. The van der Waals surface area contributed by atoms with Gasteiger partial charge in [-0.2, -0.15) is 0 Å².